The number of imide groups is 2. The Labute approximate surface area is 193 Å². The van der Waals surface area contributed by atoms with Gasteiger partial charge in [-0.25, -0.2) is 0 Å². The Morgan fingerprint density at radius 3 is 1.30 bits per heavy atom. The molecule has 0 N–H and O–H groups in total. The third kappa shape index (κ3) is 3.49. The third-order valence-corrected chi connectivity index (χ3v) is 8.21. The van der Waals surface area contributed by atoms with Crippen LogP contribution in [0, 0.1) is 51.7 Å². The highest BCUT2D eigenvalue weighted by atomic mass is 16.2. The predicted octanol–water partition coefficient (Wildman–Crippen LogP) is 2.48. The van der Waals surface area contributed by atoms with E-state index >= 15 is 0 Å². The van der Waals surface area contributed by atoms with Crippen LogP contribution < -0.4 is 0 Å². The van der Waals surface area contributed by atoms with Crippen LogP contribution in [-0.2, 0) is 19.2 Å². The summed E-state index contributed by atoms with van der Waals surface area (Å²) < 4.78 is 0. The van der Waals surface area contributed by atoms with Crippen LogP contribution in [0.2, 0.25) is 0 Å². The molecule has 4 rings (SSSR count). The van der Waals surface area contributed by atoms with Gasteiger partial charge in [-0.3, -0.25) is 29.0 Å². The lowest BCUT2D eigenvalue weighted by molar-refractivity contribution is -0.139. The lowest BCUT2D eigenvalue weighted by atomic mass is 9.68. The Hall–Kier alpha value is -3.26. The molecule has 0 radical (unpaired) electrons. The number of amides is 4. The van der Waals surface area contributed by atoms with Crippen molar-refractivity contribution in [3.05, 3.63) is 22.3 Å². The van der Waals surface area contributed by atoms with Crippen LogP contribution in [0.25, 0.3) is 0 Å². The lowest BCUT2D eigenvalue weighted by Gasteiger charge is -2.32. The molecule has 0 bridgehead atoms. The maximum Gasteiger partial charge on any atom is 0.233 e. The molecule has 33 heavy (non-hydrogen) atoms. The first-order valence-electron chi connectivity index (χ1n) is 11.3. The van der Waals surface area contributed by atoms with E-state index in [-0.39, 0.29) is 48.3 Å². The minimum absolute atomic E-state index is 0.159. The molecule has 2 heterocycles. The van der Waals surface area contributed by atoms with Crippen molar-refractivity contribution < 1.29 is 19.2 Å². The van der Waals surface area contributed by atoms with Crippen molar-refractivity contribution in [2.24, 2.45) is 29.1 Å². The average molecular weight is 449 g/mol. The molecule has 2 aliphatic heterocycles. The molecule has 0 saturated carbocycles. The van der Waals surface area contributed by atoms with E-state index in [1.165, 1.54) is 23.9 Å². The number of hydrogen-bond donors (Lipinski definition) is 0. The molecule has 0 aromatic rings. The second kappa shape index (κ2) is 7.95. The number of carbonyl (C=O) groups excluding carboxylic acids is 4. The number of fused-ring (bicyclic) bond motifs is 2. The van der Waals surface area contributed by atoms with E-state index in [0.717, 1.165) is 22.3 Å². The van der Waals surface area contributed by atoms with Gasteiger partial charge in [0.15, 0.2) is 5.41 Å². The minimum atomic E-state index is -1.33. The van der Waals surface area contributed by atoms with E-state index in [0.29, 0.717) is 25.7 Å². The number of hydrogen-bond acceptors (Lipinski definition) is 6. The monoisotopic (exact) mass is 448 g/mol. The van der Waals surface area contributed by atoms with Gasteiger partial charge >= 0.3 is 0 Å². The largest absolute Gasteiger partial charge is 0.285 e. The number of nitrogens with zero attached hydrogens (tertiary/aromatic N) is 4. The molecule has 4 amide bonds. The Kier molecular flexibility index (Phi) is 5.52. The maximum atomic E-state index is 12.5. The summed E-state index contributed by atoms with van der Waals surface area (Å²) in [6, 6.07) is 4.45. The molecule has 0 aromatic heterocycles. The Bertz CT molecular complexity index is 1030. The van der Waals surface area contributed by atoms with Gasteiger partial charge in [-0.2, -0.15) is 10.5 Å². The van der Waals surface area contributed by atoms with Gasteiger partial charge in [-0.15, -0.1) is 0 Å². The van der Waals surface area contributed by atoms with Crippen molar-refractivity contribution in [3.8, 4) is 12.1 Å². The smallest absolute Gasteiger partial charge is 0.233 e. The summed E-state index contributed by atoms with van der Waals surface area (Å²) in [5.74, 6) is -2.27. The lowest BCUT2D eigenvalue weighted by Crippen LogP contribution is -2.29. The molecule has 0 aromatic carbocycles. The Morgan fingerprint density at radius 1 is 0.697 bits per heavy atom. The molecule has 8 nitrogen and oxygen atoms in total. The highest BCUT2D eigenvalue weighted by Gasteiger charge is 2.50. The van der Waals surface area contributed by atoms with E-state index in [9.17, 15) is 29.7 Å². The summed E-state index contributed by atoms with van der Waals surface area (Å²) in [7, 11) is 3.01. The van der Waals surface area contributed by atoms with E-state index in [4.69, 9.17) is 0 Å². The van der Waals surface area contributed by atoms with Crippen LogP contribution in [0.4, 0.5) is 0 Å². The quantitative estimate of drug-likeness (QED) is 0.481. The summed E-state index contributed by atoms with van der Waals surface area (Å²) in [4.78, 5) is 52.2. The highest BCUT2D eigenvalue weighted by Crippen LogP contribution is 2.48. The van der Waals surface area contributed by atoms with Gasteiger partial charge in [0, 0.05) is 26.9 Å². The van der Waals surface area contributed by atoms with Gasteiger partial charge in [-0.1, -0.05) is 22.3 Å². The molecule has 2 aliphatic carbocycles. The first kappa shape index (κ1) is 22.9. The summed E-state index contributed by atoms with van der Waals surface area (Å²) in [5, 5.41) is 20.2. The van der Waals surface area contributed by atoms with E-state index < -0.39 is 17.3 Å². The van der Waals surface area contributed by atoms with Gasteiger partial charge in [0.1, 0.15) is 0 Å². The first-order chi connectivity index (χ1) is 15.5. The molecule has 0 unspecified atom stereocenters. The van der Waals surface area contributed by atoms with Crippen molar-refractivity contribution >= 4 is 23.6 Å². The van der Waals surface area contributed by atoms with Gasteiger partial charge in [0.05, 0.1) is 35.8 Å². The molecule has 8 heteroatoms. The number of likely N-dealkylation sites (tertiary alicyclic amines) is 2. The van der Waals surface area contributed by atoms with Crippen LogP contribution >= 0.6 is 0 Å². The molecule has 0 spiro atoms. The van der Waals surface area contributed by atoms with Crippen LogP contribution in [0.5, 0.6) is 0 Å². The van der Waals surface area contributed by atoms with Gasteiger partial charge in [-0.05, 0) is 39.5 Å². The zero-order valence-electron chi connectivity index (χ0n) is 19.5. The molecular formula is C25H28N4O4. The third-order valence-electron chi connectivity index (χ3n) is 8.21. The number of carbonyl (C=O) groups is 4. The van der Waals surface area contributed by atoms with E-state index in [1.807, 2.05) is 13.8 Å². The Morgan fingerprint density at radius 2 is 1.00 bits per heavy atom. The number of allylic oxidation sites excluding steroid dienone is 4. The SMILES string of the molecule is CC1=C(CC(C#N)(C#N)CC2=C(C)C[C@@H]3C(=O)N(C)C(=O)[C@@H]3C2)C[C@@H]2C(=O)N(C)C(=O)[C@@H]2C1. The van der Waals surface area contributed by atoms with Gasteiger partial charge in [0.2, 0.25) is 23.6 Å². The molecule has 172 valence electrons. The second-order valence-corrected chi connectivity index (χ2v) is 10.1. The summed E-state index contributed by atoms with van der Waals surface area (Å²) >= 11 is 0. The molecule has 2 fully saturated rings. The van der Waals surface area contributed by atoms with Crippen LogP contribution in [-0.4, -0.2) is 47.5 Å². The maximum absolute atomic E-state index is 12.5. The van der Waals surface area contributed by atoms with Crippen molar-refractivity contribution in [3.63, 3.8) is 0 Å². The normalized spacial score (nSPS) is 30.0. The van der Waals surface area contributed by atoms with Crippen molar-refractivity contribution in [2.45, 2.75) is 52.4 Å². The van der Waals surface area contributed by atoms with Gasteiger partial charge < -0.3 is 0 Å². The standard InChI is InChI=1S/C25H28N4O4/c1-13-5-17-19(23(32)28(3)21(17)30)7-15(13)9-25(11-26,12-27)10-16-8-20-18(6-14(16)2)22(31)29(4)24(20)33/h17-20H,5-10H2,1-4H3/t17-,18+,19+,20-. The summed E-state index contributed by atoms with van der Waals surface area (Å²) in [6.07, 6.45) is 2.12. The zero-order chi connectivity index (χ0) is 24.2. The van der Waals surface area contributed by atoms with E-state index in [2.05, 4.69) is 12.1 Å². The summed E-state index contributed by atoms with van der Waals surface area (Å²) in [5.41, 5.74) is 2.40. The van der Waals surface area contributed by atoms with Crippen molar-refractivity contribution in [2.75, 3.05) is 14.1 Å². The predicted molar refractivity (Wildman–Crippen MR) is 116 cm³/mol. The molecule has 4 atom stereocenters. The zero-order valence-corrected chi connectivity index (χ0v) is 19.5. The summed E-state index contributed by atoms with van der Waals surface area (Å²) in [6.45, 7) is 3.82. The van der Waals surface area contributed by atoms with Crippen molar-refractivity contribution in [1.29, 1.82) is 10.5 Å². The topological polar surface area (TPSA) is 122 Å². The fourth-order valence-electron chi connectivity index (χ4n) is 6.07. The molecule has 4 aliphatic rings. The van der Waals surface area contributed by atoms with Crippen molar-refractivity contribution in [1.82, 2.24) is 9.80 Å². The van der Waals surface area contributed by atoms with Crippen LogP contribution in [0.1, 0.15) is 52.4 Å². The minimum Gasteiger partial charge on any atom is -0.285 e. The number of rotatable bonds is 4. The van der Waals surface area contributed by atoms with Crippen LogP contribution in [0.3, 0.4) is 0 Å². The first-order valence-corrected chi connectivity index (χ1v) is 11.3. The second-order valence-electron chi connectivity index (χ2n) is 10.1. The fourth-order valence-corrected chi connectivity index (χ4v) is 6.07. The fraction of sp³-hybridized carbons (Fsp3) is 0.600. The van der Waals surface area contributed by atoms with E-state index in [1.54, 1.807) is 0 Å². The average Bonchev–Trinajstić information content (AvgIpc) is 3.13. The highest BCUT2D eigenvalue weighted by molar-refractivity contribution is 6.06. The number of nitriles is 2. The molecular weight excluding hydrogens is 420 g/mol. The van der Waals surface area contributed by atoms with Gasteiger partial charge in [0.25, 0.3) is 0 Å². The molecule has 2 saturated heterocycles. The van der Waals surface area contributed by atoms with Crippen LogP contribution in [0.15, 0.2) is 22.3 Å². The Balaban J connectivity index is 1.58.